The van der Waals surface area contributed by atoms with E-state index in [4.69, 9.17) is 14.6 Å². The van der Waals surface area contributed by atoms with Crippen LogP contribution in [-0.4, -0.2) is 37.0 Å². The summed E-state index contributed by atoms with van der Waals surface area (Å²) in [6, 6.07) is 0. The minimum absolute atomic E-state index is 0.207. The zero-order valence-electron chi connectivity index (χ0n) is 8.03. The van der Waals surface area contributed by atoms with Crippen LogP contribution in [0.3, 0.4) is 0 Å². The maximum Gasteiger partial charge on any atom is 0.328 e. The average molecular weight is 188 g/mol. The van der Waals surface area contributed by atoms with Gasteiger partial charge < -0.3 is 14.6 Å². The number of carboxylic acids is 1. The second kappa shape index (κ2) is 7.76. The van der Waals surface area contributed by atoms with E-state index in [2.05, 4.69) is 0 Å². The predicted octanol–water partition coefficient (Wildman–Crippen LogP) is 1.07. The minimum atomic E-state index is -0.956. The summed E-state index contributed by atoms with van der Waals surface area (Å²) >= 11 is 0. The number of ether oxygens (including phenoxy) is 2. The highest BCUT2D eigenvalue weighted by Gasteiger charge is 1.91. The molecule has 0 aliphatic rings. The summed E-state index contributed by atoms with van der Waals surface area (Å²) in [5.74, 6) is -0.956. The third-order valence-electron chi connectivity index (χ3n) is 1.15. The van der Waals surface area contributed by atoms with Crippen molar-refractivity contribution in [1.29, 1.82) is 0 Å². The lowest BCUT2D eigenvalue weighted by Gasteiger charge is -2.06. The third-order valence-corrected chi connectivity index (χ3v) is 1.15. The van der Waals surface area contributed by atoms with Crippen molar-refractivity contribution in [2.24, 2.45) is 0 Å². The van der Waals surface area contributed by atoms with Crippen molar-refractivity contribution in [1.82, 2.24) is 0 Å². The van der Waals surface area contributed by atoms with Crippen LogP contribution in [0.1, 0.15) is 13.8 Å². The van der Waals surface area contributed by atoms with Gasteiger partial charge in [-0.1, -0.05) is 6.08 Å². The average Bonchev–Trinajstić information content (AvgIpc) is 2.01. The van der Waals surface area contributed by atoms with Gasteiger partial charge in [0.15, 0.2) is 0 Å². The number of hydrogen-bond donors (Lipinski definition) is 1. The highest BCUT2D eigenvalue weighted by molar-refractivity contribution is 5.79. The highest BCUT2D eigenvalue weighted by atomic mass is 16.5. The molecule has 0 fully saturated rings. The molecule has 13 heavy (non-hydrogen) atoms. The van der Waals surface area contributed by atoms with Crippen molar-refractivity contribution < 1.29 is 19.4 Å². The van der Waals surface area contributed by atoms with E-state index in [0.29, 0.717) is 19.8 Å². The van der Waals surface area contributed by atoms with Crippen molar-refractivity contribution >= 4 is 5.97 Å². The smallest absolute Gasteiger partial charge is 0.328 e. The van der Waals surface area contributed by atoms with Crippen LogP contribution in [0, 0.1) is 0 Å². The Morgan fingerprint density at radius 2 is 2.15 bits per heavy atom. The summed E-state index contributed by atoms with van der Waals surface area (Å²) in [6.45, 7) is 5.24. The predicted molar refractivity (Wildman–Crippen MR) is 48.7 cm³/mol. The second-order valence-electron chi connectivity index (χ2n) is 2.74. The summed E-state index contributed by atoms with van der Waals surface area (Å²) in [5.41, 5.74) is 0. The molecule has 0 bridgehead atoms. The van der Waals surface area contributed by atoms with Crippen LogP contribution >= 0.6 is 0 Å². The molecule has 0 heterocycles. The van der Waals surface area contributed by atoms with Gasteiger partial charge in [0, 0.05) is 6.08 Å². The number of hydrogen-bond acceptors (Lipinski definition) is 3. The lowest BCUT2D eigenvalue weighted by molar-refractivity contribution is -0.131. The Kier molecular flexibility index (Phi) is 7.24. The van der Waals surface area contributed by atoms with Crippen molar-refractivity contribution in [2.75, 3.05) is 19.8 Å². The van der Waals surface area contributed by atoms with Gasteiger partial charge in [-0.25, -0.2) is 4.79 Å². The SMILES string of the molecule is CC(C)OCCOCC=CC(=O)O. The second-order valence-corrected chi connectivity index (χ2v) is 2.74. The molecule has 0 atom stereocenters. The number of aliphatic carboxylic acids is 1. The van der Waals surface area contributed by atoms with Crippen molar-refractivity contribution in [3.63, 3.8) is 0 Å². The van der Waals surface area contributed by atoms with Crippen LogP contribution in [0.2, 0.25) is 0 Å². The van der Waals surface area contributed by atoms with Gasteiger partial charge in [0.25, 0.3) is 0 Å². The van der Waals surface area contributed by atoms with Gasteiger partial charge in [-0.15, -0.1) is 0 Å². The molecule has 0 spiro atoms. The van der Waals surface area contributed by atoms with Crippen LogP contribution in [0.25, 0.3) is 0 Å². The van der Waals surface area contributed by atoms with Gasteiger partial charge in [-0.05, 0) is 13.8 Å². The van der Waals surface area contributed by atoms with E-state index in [0.717, 1.165) is 6.08 Å². The van der Waals surface area contributed by atoms with Gasteiger partial charge in [0.1, 0.15) is 0 Å². The summed E-state index contributed by atoms with van der Waals surface area (Å²) in [5, 5.41) is 8.22. The summed E-state index contributed by atoms with van der Waals surface area (Å²) < 4.78 is 10.3. The lowest BCUT2D eigenvalue weighted by Crippen LogP contribution is -2.09. The number of carbonyl (C=O) groups is 1. The molecule has 0 amide bonds. The standard InChI is InChI=1S/C9H16O4/c1-8(2)13-7-6-12-5-3-4-9(10)11/h3-4,8H,5-7H2,1-2H3,(H,10,11). The van der Waals surface area contributed by atoms with Gasteiger partial charge >= 0.3 is 5.97 Å². The molecule has 76 valence electrons. The molecule has 0 aromatic carbocycles. The molecule has 1 N–H and O–H groups in total. The van der Waals surface area contributed by atoms with E-state index in [-0.39, 0.29) is 6.10 Å². The summed E-state index contributed by atoms with van der Waals surface area (Å²) in [4.78, 5) is 10.0. The Labute approximate surface area is 78.2 Å². The van der Waals surface area contributed by atoms with Crippen LogP contribution in [-0.2, 0) is 14.3 Å². The highest BCUT2D eigenvalue weighted by Crippen LogP contribution is 1.87. The van der Waals surface area contributed by atoms with Gasteiger partial charge in [-0.3, -0.25) is 0 Å². The molecule has 0 saturated carbocycles. The molecule has 0 saturated heterocycles. The zero-order chi connectivity index (χ0) is 10.1. The Bertz CT molecular complexity index is 163. The minimum Gasteiger partial charge on any atom is -0.478 e. The van der Waals surface area contributed by atoms with Gasteiger partial charge in [0.2, 0.25) is 0 Å². The molecule has 0 aromatic rings. The molecule has 0 aliphatic carbocycles. The van der Waals surface area contributed by atoms with Crippen LogP contribution in [0.15, 0.2) is 12.2 Å². The lowest BCUT2D eigenvalue weighted by atomic mass is 10.5. The molecule has 0 aromatic heterocycles. The fourth-order valence-electron chi connectivity index (χ4n) is 0.643. The van der Waals surface area contributed by atoms with Crippen LogP contribution in [0.5, 0.6) is 0 Å². The van der Waals surface area contributed by atoms with E-state index in [1.807, 2.05) is 13.8 Å². The molecule has 4 heteroatoms. The van der Waals surface area contributed by atoms with Crippen LogP contribution in [0.4, 0.5) is 0 Å². The van der Waals surface area contributed by atoms with E-state index >= 15 is 0 Å². The number of carboxylic acid groups (broad SMARTS) is 1. The first kappa shape index (κ1) is 12.1. The Morgan fingerprint density at radius 3 is 2.69 bits per heavy atom. The van der Waals surface area contributed by atoms with Gasteiger partial charge in [0.05, 0.1) is 25.9 Å². The molecular weight excluding hydrogens is 172 g/mol. The van der Waals surface area contributed by atoms with Crippen molar-refractivity contribution in [3.05, 3.63) is 12.2 Å². The Morgan fingerprint density at radius 1 is 1.46 bits per heavy atom. The maximum atomic E-state index is 10.0. The maximum absolute atomic E-state index is 10.0. The largest absolute Gasteiger partial charge is 0.478 e. The first-order chi connectivity index (χ1) is 6.13. The normalized spacial score (nSPS) is 11.3. The topological polar surface area (TPSA) is 55.8 Å². The fourth-order valence-corrected chi connectivity index (χ4v) is 0.643. The quantitative estimate of drug-likeness (QED) is 0.479. The Balaban J connectivity index is 3.13. The monoisotopic (exact) mass is 188 g/mol. The van der Waals surface area contributed by atoms with Crippen LogP contribution < -0.4 is 0 Å². The van der Waals surface area contributed by atoms with E-state index in [1.165, 1.54) is 6.08 Å². The first-order valence-electron chi connectivity index (χ1n) is 4.21. The first-order valence-corrected chi connectivity index (χ1v) is 4.21. The van der Waals surface area contributed by atoms with E-state index in [1.54, 1.807) is 0 Å². The molecule has 4 nitrogen and oxygen atoms in total. The fraction of sp³-hybridized carbons (Fsp3) is 0.667. The molecule has 0 rings (SSSR count). The third kappa shape index (κ3) is 11.1. The van der Waals surface area contributed by atoms with E-state index in [9.17, 15) is 4.79 Å². The molecular formula is C9H16O4. The Hall–Kier alpha value is -0.870. The molecule has 0 radical (unpaired) electrons. The van der Waals surface area contributed by atoms with E-state index < -0.39 is 5.97 Å². The number of rotatable bonds is 7. The van der Waals surface area contributed by atoms with Gasteiger partial charge in [-0.2, -0.15) is 0 Å². The zero-order valence-corrected chi connectivity index (χ0v) is 8.03. The molecule has 0 aliphatic heterocycles. The molecule has 0 unspecified atom stereocenters. The van der Waals surface area contributed by atoms with Crippen molar-refractivity contribution in [2.45, 2.75) is 20.0 Å². The van der Waals surface area contributed by atoms with Crippen molar-refractivity contribution in [3.8, 4) is 0 Å². The summed E-state index contributed by atoms with van der Waals surface area (Å²) in [6.07, 6.45) is 2.72. The summed E-state index contributed by atoms with van der Waals surface area (Å²) in [7, 11) is 0.